The van der Waals surface area contributed by atoms with Crippen molar-refractivity contribution < 1.29 is 13.9 Å². The first-order valence-corrected chi connectivity index (χ1v) is 10.3. The van der Waals surface area contributed by atoms with Gasteiger partial charge >= 0.3 is 0 Å². The van der Waals surface area contributed by atoms with E-state index in [1.807, 2.05) is 12.1 Å². The van der Waals surface area contributed by atoms with Gasteiger partial charge in [0.15, 0.2) is 11.5 Å². The smallest absolute Gasteiger partial charge is 0.175 e. The molecule has 2 rings (SSSR count). The van der Waals surface area contributed by atoms with Gasteiger partial charge in [0.2, 0.25) is 0 Å². The molecule has 0 aliphatic carbocycles. The van der Waals surface area contributed by atoms with Gasteiger partial charge in [0.05, 0.1) is 11.6 Å². The summed E-state index contributed by atoms with van der Waals surface area (Å²) in [6.45, 7) is 12.3. The molecule has 0 unspecified atom stereocenters. The molecule has 0 aliphatic rings. The maximum absolute atomic E-state index is 13.1. The average molecular weight is 452 g/mol. The van der Waals surface area contributed by atoms with Crippen LogP contribution in [0.4, 0.5) is 4.39 Å². The zero-order valence-corrected chi connectivity index (χ0v) is 19.2. The molecule has 0 saturated carbocycles. The number of hydrogen-bond acceptors (Lipinski definition) is 3. The summed E-state index contributed by atoms with van der Waals surface area (Å²) in [5.74, 6) is 1.06. The van der Waals surface area contributed by atoms with E-state index < -0.39 is 0 Å². The maximum Gasteiger partial charge on any atom is 0.175 e. The standard InChI is InChI=1S/C23H31BrFNO2/c1-22(2,3)15-23(4,5)26-13-17-11-19(24)21(20(12-17)27-6)28-14-16-7-9-18(25)10-8-16/h7-12,26H,13-15H2,1-6H3. The van der Waals surface area contributed by atoms with Gasteiger partial charge in [-0.3, -0.25) is 0 Å². The zero-order valence-electron chi connectivity index (χ0n) is 17.7. The molecule has 0 bridgehead atoms. The molecule has 0 atom stereocenters. The SMILES string of the molecule is COc1cc(CNC(C)(C)CC(C)(C)C)cc(Br)c1OCc1ccc(F)cc1. The van der Waals surface area contributed by atoms with Crippen LogP contribution in [-0.2, 0) is 13.2 Å². The van der Waals surface area contributed by atoms with Crippen LogP contribution in [0.3, 0.4) is 0 Å². The fourth-order valence-electron chi connectivity index (χ4n) is 3.48. The van der Waals surface area contributed by atoms with E-state index in [1.165, 1.54) is 12.1 Å². The highest BCUT2D eigenvalue weighted by Crippen LogP contribution is 2.37. The van der Waals surface area contributed by atoms with Crippen molar-refractivity contribution in [3.63, 3.8) is 0 Å². The molecule has 0 fully saturated rings. The molecular weight excluding hydrogens is 421 g/mol. The van der Waals surface area contributed by atoms with E-state index in [0.717, 1.165) is 28.6 Å². The van der Waals surface area contributed by atoms with Crippen LogP contribution in [0.5, 0.6) is 11.5 Å². The number of halogens is 2. The van der Waals surface area contributed by atoms with Crippen molar-refractivity contribution in [2.75, 3.05) is 7.11 Å². The number of benzene rings is 2. The average Bonchev–Trinajstić information content (AvgIpc) is 2.58. The van der Waals surface area contributed by atoms with Crippen LogP contribution >= 0.6 is 15.9 Å². The van der Waals surface area contributed by atoms with E-state index in [0.29, 0.717) is 18.1 Å². The van der Waals surface area contributed by atoms with Crippen LogP contribution in [-0.4, -0.2) is 12.6 Å². The lowest BCUT2D eigenvalue weighted by atomic mass is 9.82. The van der Waals surface area contributed by atoms with Crippen LogP contribution < -0.4 is 14.8 Å². The summed E-state index contributed by atoms with van der Waals surface area (Å²) in [6, 6.07) is 10.3. The third-order valence-electron chi connectivity index (χ3n) is 4.33. The van der Waals surface area contributed by atoms with Crippen LogP contribution in [0.25, 0.3) is 0 Å². The van der Waals surface area contributed by atoms with Gasteiger partial charge in [-0.1, -0.05) is 32.9 Å². The van der Waals surface area contributed by atoms with Gasteiger partial charge in [-0.2, -0.15) is 0 Å². The van der Waals surface area contributed by atoms with Gasteiger partial charge in [-0.25, -0.2) is 4.39 Å². The second-order valence-electron chi connectivity index (χ2n) is 9.00. The fraction of sp³-hybridized carbons (Fsp3) is 0.478. The summed E-state index contributed by atoms with van der Waals surface area (Å²) in [4.78, 5) is 0. The van der Waals surface area contributed by atoms with Crippen molar-refractivity contribution in [1.82, 2.24) is 5.32 Å². The molecule has 3 nitrogen and oxygen atoms in total. The fourth-order valence-corrected chi connectivity index (χ4v) is 4.09. The van der Waals surface area contributed by atoms with Crippen molar-refractivity contribution in [2.24, 2.45) is 5.41 Å². The number of methoxy groups -OCH3 is 1. The van der Waals surface area contributed by atoms with Gasteiger partial charge in [0.1, 0.15) is 12.4 Å². The van der Waals surface area contributed by atoms with E-state index in [2.05, 4.69) is 55.9 Å². The van der Waals surface area contributed by atoms with Crippen LogP contribution in [0.15, 0.2) is 40.9 Å². The molecule has 0 heterocycles. The summed E-state index contributed by atoms with van der Waals surface area (Å²) >= 11 is 3.60. The highest BCUT2D eigenvalue weighted by atomic mass is 79.9. The van der Waals surface area contributed by atoms with Gasteiger partial charge in [-0.05, 0) is 77.0 Å². The van der Waals surface area contributed by atoms with Crippen molar-refractivity contribution in [2.45, 2.75) is 59.7 Å². The van der Waals surface area contributed by atoms with E-state index >= 15 is 0 Å². The molecule has 2 aromatic rings. The Hall–Kier alpha value is -1.59. The number of ether oxygens (including phenoxy) is 2. The molecule has 5 heteroatoms. The van der Waals surface area contributed by atoms with E-state index in [9.17, 15) is 4.39 Å². The van der Waals surface area contributed by atoms with Gasteiger partial charge < -0.3 is 14.8 Å². The lowest BCUT2D eigenvalue weighted by molar-refractivity contribution is 0.240. The van der Waals surface area contributed by atoms with E-state index in [1.54, 1.807) is 19.2 Å². The van der Waals surface area contributed by atoms with Crippen LogP contribution in [0, 0.1) is 11.2 Å². The Morgan fingerprint density at radius 1 is 1.00 bits per heavy atom. The molecule has 1 N–H and O–H groups in total. The molecule has 154 valence electrons. The lowest BCUT2D eigenvalue weighted by Crippen LogP contribution is -2.41. The molecule has 0 amide bonds. The minimum Gasteiger partial charge on any atom is -0.493 e. The first kappa shape index (κ1) is 22.7. The van der Waals surface area contributed by atoms with Gasteiger partial charge in [-0.15, -0.1) is 0 Å². The molecule has 2 aromatic carbocycles. The lowest BCUT2D eigenvalue weighted by Gasteiger charge is -2.33. The first-order valence-electron chi connectivity index (χ1n) is 9.48. The summed E-state index contributed by atoms with van der Waals surface area (Å²) < 4.78 is 25.4. The summed E-state index contributed by atoms with van der Waals surface area (Å²) in [6.07, 6.45) is 1.07. The van der Waals surface area contributed by atoms with Crippen LogP contribution in [0.2, 0.25) is 0 Å². The molecule has 0 radical (unpaired) electrons. The normalized spacial score (nSPS) is 12.1. The number of rotatable bonds is 8. The number of nitrogens with one attached hydrogen (secondary N) is 1. The predicted octanol–water partition coefficient (Wildman–Crippen LogP) is 6.48. The minimum atomic E-state index is -0.256. The second kappa shape index (κ2) is 9.27. The largest absolute Gasteiger partial charge is 0.493 e. The molecule has 0 aromatic heterocycles. The Morgan fingerprint density at radius 3 is 2.21 bits per heavy atom. The van der Waals surface area contributed by atoms with Gasteiger partial charge in [0, 0.05) is 12.1 Å². The Labute approximate surface area is 176 Å². The minimum absolute atomic E-state index is 0.0235. The predicted molar refractivity (Wildman–Crippen MR) is 116 cm³/mol. The summed E-state index contributed by atoms with van der Waals surface area (Å²) in [5, 5.41) is 3.64. The van der Waals surface area contributed by atoms with Gasteiger partial charge in [0.25, 0.3) is 0 Å². The first-order chi connectivity index (χ1) is 13.0. The molecular formula is C23H31BrFNO2. The monoisotopic (exact) mass is 451 g/mol. The zero-order chi connectivity index (χ0) is 20.9. The van der Waals surface area contributed by atoms with Crippen molar-refractivity contribution in [1.29, 1.82) is 0 Å². The molecule has 28 heavy (non-hydrogen) atoms. The highest BCUT2D eigenvalue weighted by Gasteiger charge is 2.25. The Bertz CT molecular complexity index is 782. The van der Waals surface area contributed by atoms with Crippen LogP contribution in [0.1, 0.15) is 52.2 Å². The Kier molecular flexibility index (Phi) is 7.52. The third kappa shape index (κ3) is 7.10. The van der Waals surface area contributed by atoms with E-state index in [4.69, 9.17) is 9.47 Å². The molecule has 0 spiro atoms. The molecule has 0 saturated heterocycles. The van der Waals surface area contributed by atoms with Crippen molar-refractivity contribution >= 4 is 15.9 Å². The van der Waals surface area contributed by atoms with Crippen molar-refractivity contribution in [3.05, 3.63) is 57.8 Å². The third-order valence-corrected chi connectivity index (χ3v) is 4.92. The summed E-state index contributed by atoms with van der Waals surface area (Å²) in [5.41, 5.74) is 2.28. The quantitative estimate of drug-likeness (QED) is 0.497. The molecule has 0 aliphatic heterocycles. The number of hydrogen-bond donors (Lipinski definition) is 1. The maximum atomic E-state index is 13.1. The topological polar surface area (TPSA) is 30.5 Å². The Morgan fingerprint density at radius 2 is 1.64 bits per heavy atom. The van der Waals surface area contributed by atoms with Crippen molar-refractivity contribution in [3.8, 4) is 11.5 Å². The summed E-state index contributed by atoms with van der Waals surface area (Å²) in [7, 11) is 1.63. The second-order valence-corrected chi connectivity index (χ2v) is 9.85. The highest BCUT2D eigenvalue weighted by molar-refractivity contribution is 9.10. The Balaban J connectivity index is 2.08. The van der Waals surface area contributed by atoms with E-state index in [-0.39, 0.29) is 16.8 Å².